The van der Waals surface area contributed by atoms with E-state index in [0.717, 1.165) is 29.7 Å². The third kappa shape index (κ3) is 2.56. The van der Waals surface area contributed by atoms with Crippen LogP contribution in [0.25, 0.3) is 0 Å². The summed E-state index contributed by atoms with van der Waals surface area (Å²) in [4.78, 5) is 0. The Balaban J connectivity index is 2.02. The topological polar surface area (TPSA) is 29.5 Å². The van der Waals surface area contributed by atoms with Crippen LogP contribution in [0, 0.1) is 26.7 Å². The second-order valence-corrected chi connectivity index (χ2v) is 4.94. The van der Waals surface area contributed by atoms with Crippen LogP contribution in [0.4, 0.5) is 0 Å². The number of aliphatic hydroxyl groups excluding tert-OH is 1. The standard InChI is InChI=1S/C14H20O2/c1-9-6-10(2)14(11(3)7-9)16-8-13(15)12-4-5-12/h6-7,12-13,15H,4-5,8H2,1-3H3. The van der Waals surface area contributed by atoms with E-state index in [-0.39, 0.29) is 6.10 Å². The first-order chi connectivity index (χ1) is 7.58. The number of ether oxygens (including phenoxy) is 1. The van der Waals surface area contributed by atoms with Crippen molar-refractivity contribution < 1.29 is 9.84 Å². The molecule has 2 heteroatoms. The minimum absolute atomic E-state index is 0.292. The average molecular weight is 220 g/mol. The van der Waals surface area contributed by atoms with Crippen molar-refractivity contribution in [2.45, 2.75) is 39.7 Å². The Labute approximate surface area is 97.3 Å². The van der Waals surface area contributed by atoms with Gasteiger partial charge in [0, 0.05) is 0 Å². The predicted octanol–water partition coefficient (Wildman–Crippen LogP) is 2.76. The van der Waals surface area contributed by atoms with Crippen molar-refractivity contribution in [2.75, 3.05) is 6.61 Å². The third-order valence-corrected chi connectivity index (χ3v) is 3.17. The molecule has 0 amide bonds. The monoisotopic (exact) mass is 220 g/mol. The predicted molar refractivity (Wildman–Crippen MR) is 64.9 cm³/mol. The highest BCUT2D eigenvalue weighted by atomic mass is 16.5. The zero-order valence-electron chi connectivity index (χ0n) is 10.3. The molecule has 1 aliphatic carbocycles. The van der Waals surface area contributed by atoms with E-state index in [1.54, 1.807) is 0 Å². The van der Waals surface area contributed by atoms with E-state index in [9.17, 15) is 5.11 Å². The van der Waals surface area contributed by atoms with Gasteiger partial charge in [-0.25, -0.2) is 0 Å². The number of aryl methyl sites for hydroxylation is 3. The fourth-order valence-electron chi connectivity index (χ4n) is 2.18. The molecule has 1 unspecified atom stereocenters. The largest absolute Gasteiger partial charge is 0.490 e. The SMILES string of the molecule is Cc1cc(C)c(OCC(O)C2CC2)c(C)c1. The molecule has 0 heterocycles. The smallest absolute Gasteiger partial charge is 0.125 e. The Kier molecular flexibility index (Phi) is 3.20. The molecule has 0 aliphatic heterocycles. The summed E-state index contributed by atoms with van der Waals surface area (Å²) in [6, 6.07) is 4.23. The lowest BCUT2D eigenvalue weighted by Crippen LogP contribution is -2.20. The van der Waals surface area contributed by atoms with Crippen molar-refractivity contribution in [3.8, 4) is 5.75 Å². The first-order valence-corrected chi connectivity index (χ1v) is 5.96. The van der Waals surface area contributed by atoms with Gasteiger partial charge in [-0.15, -0.1) is 0 Å². The van der Waals surface area contributed by atoms with Crippen LogP contribution < -0.4 is 4.74 Å². The van der Waals surface area contributed by atoms with E-state index >= 15 is 0 Å². The van der Waals surface area contributed by atoms with Crippen molar-refractivity contribution in [3.05, 3.63) is 28.8 Å². The molecule has 1 saturated carbocycles. The lowest BCUT2D eigenvalue weighted by Gasteiger charge is -2.15. The molecule has 1 aromatic carbocycles. The Bertz CT molecular complexity index is 357. The summed E-state index contributed by atoms with van der Waals surface area (Å²) in [5.74, 6) is 1.41. The molecular formula is C14H20O2. The van der Waals surface area contributed by atoms with Crippen LogP contribution in [-0.4, -0.2) is 17.8 Å². The highest BCUT2D eigenvalue weighted by Gasteiger charge is 2.30. The van der Waals surface area contributed by atoms with Crippen LogP contribution in [0.2, 0.25) is 0 Å². The lowest BCUT2D eigenvalue weighted by atomic mass is 10.1. The summed E-state index contributed by atoms with van der Waals surface area (Å²) in [6.45, 7) is 6.62. The molecule has 1 aliphatic rings. The van der Waals surface area contributed by atoms with E-state index in [0.29, 0.717) is 12.5 Å². The van der Waals surface area contributed by atoms with Crippen molar-refractivity contribution in [3.63, 3.8) is 0 Å². The van der Waals surface area contributed by atoms with Crippen molar-refractivity contribution >= 4 is 0 Å². The number of rotatable bonds is 4. The van der Waals surface area contributed by atoms with Crippen LogP contribution in [0.3, 0.4) is 0 Å². The van der Waals surface area contributed by atoms with Crippen LogP contribution in [-0.2, 0) is 0 Å². The number of aliphatic hydroxyl groups is 1. The maximum atomic E-state index is 9.76. The van der Waals surface area contributed by atoms with Crippen molar-refractivity contribution in [1.29, 1.82) is 0 Å². The van der Waals surface area contributed by atoms with Gasteiger partial charge in [-0.3, -0.25) is 0 Å². The van der Waals surface area contributed by atoms with Gasteiger partial charge < -0.3 is 9.84 Å². The summed E-state index contributed by atoms with van der Waals surface area (Å²) >= 11 is 0. The lowest BCUT2D eigenvalue weighted by molar-refractivity contribution is 0.0888. The van der Waals surface area contributed by atoms with E-state index in [4.69, 9.17) is 4.74 Å². The summed E-state index contributed by atoms with van der Waals surface area (Å²) in [5.41, 5.74) is 3.56. The number of hydrogen-bond acceptors (Lipinski definition) is 2. The van der Waals surface area contributed by atoms with Crippen LogP contribution in [0.5, 0.6) is 5.75 Å². The van der Waals surface area contributed by atoms with Gasteiger partial charge >= 0.3 is 0 Å². The highest BCUT2D eigenvalue weighted by Crippen LogP contribution is 2.33. The molecule has 1 N–H and O–H groups in total. The average Bonchev–Trinajstić information content (AvgIpc) is 2.98. The fraction of sp³-hybridized carbons (Fsp3) is 0.571. The molecule has 0 aromatic heterocycles. The van der Waals surface area contributed by atoms with E-state index < -0.39 is 0 Å². The first kappa shape index (κ1) is 11.5. The maximum absolute atomic E-state index is 9.76. The van der Waals surface area contributed by atoms with Gasteiger partial charge in [0.2, 0.25) is 0 Å². The summed E-state index contributed by atoms with van der Waals surface area (Å²) in [7, 11) is 0. The van der Waals surface area contributed by atoms with Gasteiger partial charge in [-0.1, -0.05) is 17.7 Å². The summed E-state index contributed by atoms with van der Waals surface area (Å²) < 4.78 is 5.74. The second-order valence-electron chi connectivity index (χ2n) is 4.94. The van der Waals surface area contributed by atoms with Crippen molar-refractivity contribution in [2.24, 2.45) is 5.92 Å². The van der Waals surface area contributed by atoms with Gasteiger partial charge in [0.05, 0.1) is 6.10 Å². The minimum atomic E-state index is -0.292. The number of benzene rings is 1. The van der Waals surface area contributed by atoms with Gasteiger partial charge in [-0.05, 0) is 50.7 Å². The second kappa shape index (κ2) is 4.46. The van der Waals surface area contributed by atoms with E-state index in [1.807, 2.05) is 0 Å². The van der Waals surface area contributed by atoms with Crippen LogP contribution >= 0.6 is 0 Å². The molecule has 0 bridgehead atoms. The summed E-state index contributed by atoms with van der Waals surface area (Å²) in [6.07, 6.45) is 2.01. The van der Waals surface area contributed by atoms with Gasteiger partial charge in [0.25, 0.3) is 0 Å². The third-order valence-electron chi connectivity index (χ3n) is 3.17. The zero-order chi connectivity index (χ0) is 11.7. The highest BCUT2D eigenvalue weighted by molar-refractivity contribution is 5.42. The first-order valence-electron chi connectivity index (χ1n) is 5.96. The van der Waals surface area contributed by atoms with E-state index in [2.05, 4.69) is 32.9 Å². The molecule has 0 saturated heterocycles. The van der Waals surface area contributed by atoms with Gasteiger partial charge in [0.1, 0.15) is 12.4 Å². The molecule has 2 rings (SSSR count). The zero-order valence-corrected chi connectivity index (χ0v) is 10.3. The van der Waals surface area contributed by atoms with Gasteiger partial charge in [-0.2, -0.15) is 0 Å². The maximum Gasteiger partial charge on any atom is 0.125 e. The Hall–Kier alpha value is -1.02. The number of hydrogen-bond donors (Lipinski definition) is 1. The molecule has 88 valence electrons. The Morgan fingerprint density at radius 2 is 1.81 bits per heavy atom. The molecule has 2 nitrogen and oxygen atoms in total. The van der Waals surface area contributed by atoms with Crippen molar-refractivity contribution in [1.82, 2.24) is 0 Å². The Morgan fingerprint density at radius 1 is 1.25 bits per heavy atom. The van der Waals surface area contributed by atoms with Gasteiger partial charge in [0.15, 0.2) is 0 Å². The van der Waals surface area contributed by atoms with E-state index in [1.165, 1.54) is 5.56 Å². The fourth-order valence-corrected chi connectivity index (χ4v) is 2.18. The molecule has 0 radical (unpaired) electrons. The normalized spacial score (nSPS) is 17.2. The molecular weight excluding hydrogens is 200 g/mol. The quantitative estimate of drug-likeness (QED) is 0.845. The van der Waals surface area contributed by atoms with Crippen LogP contribution in [0.15, 0.2) is 12.1 Å². The summed E-state index contributed by atoms with van der Waals surface area (Å²) in [5, 5.41) is 9.76. The molecule has 1 fully saturated rings. The molecule has 1 atom stereocenters. The molecule has 1 aromatic rings. The minimum Gasteiger partial charge on any atom is -0.490 e. The Morgan fingerprint density at radius 3 is 2.31 bits per heavy atom. The van der Waals surface area contributed by atoms with Crippen LogP contribution in [0.1, 0.15) is 29.5 Å². The molecule has 0 spiro atoms. The molecule has 16 heavy (non-hydrogen) atoms.